The number of halogens is 4. The molecule has 1 heterocycles. The van der Waals surface area contributed by atoms with E-state index in [-0.39, 0.29) is 24.0 Å². The zero-order chi connectivity index (χ0) is 16.5. The quantitative estimate of drug-likeness (QED) is 0.905. The van der Waals surface area contributed by atoms with Crippen molar-refractivity contribution in [1.29, 1.82) is 0 Å². The van der Waals surface area contributed by atoms with Crippen molar-refractivity contribution in [2.75, 3.05) is 19.6 Å². The van der Waals surface area contributed by atoms with Crippen LogP contribution in [0.1, 0.15) is 18.4 Å². The molecule has 2 N–H and O–H groups in total. The lowest BCUT2D eigenvalue weighted by Crippen LogP contribution is -2.42. The van der Waals surface area contributed by atoms with Gasteiger partial charge in [-0.2, -0.15) is 17.5 Å². The van der Waals surface area contributed by atoms with Gasteiger partial charge in [0.1, 0.15) is 0 Å². The summed E-state index contributed by atoms with van der Waals surface area (Å²) in [5.41, 5.74) is 4.31. The minimum Gasteiger partial charge on any atom is -0.330 e. The number of rotatable bonds is 3. The summed E-state index contributed by atoms with van der Waals surface area (Å²) in [5.74, 6) is -0.0369. The maximum absolute atomic E-state index is 13.1. The largest absolute Gasteiger partial charge is 0.417 e. The maximum atomic E-state index is 13.1. The summed E-state index contributed by atoms with van der Waals surface area (Å²) in [6.45, 7) is 0.635. The molecular formula is C13H16ClF3N2O2S. The van der Waals surface area contributed by atoms with Gasteiger partial charge in [-0.05, 0) is 43.5 Å². The van der Waals surface area contributed by atoms with Crippen molar-refractivity contribution in [1.82, 2.24) is 4.31 Å². The van der Waals surface area contributed by atoms with Crippen LogP contribution < -0.4 is 5.73 Å². The number of alkyl halides is 3. The zero-order valence-electron chi connectivity index (χ0n) is 11.6. The molecule has 1 aliphatic heterocycles. The van der Waals surface area contributed by atoms with Crippen LogP contribution >= 0.6 is 11.6 Å². The van der Waals surface area contributed by atoms with Crippen molar-refractivity contribution in [3.8, 4) is 0 Å². The van der Waals surface area contributed by atoms with Crippen molar-refractivity contribution in [3.63, 3.8) is 0 Å². The van der Waals surface area contributed by atoms with Crippen molar-refractivity contribution in [3.05, 3.63) is 28.8 Å². The Bertz CT molecular complexity index is 649. The summed E-state index contributed by atoms with van der Waals surface area (Å²) in [5, 5.41) is -0.162. The van der Waals surface area contributed by atoms with Gasteiger partial charge in [-0.1, -0.05) is 11.6 Å². The highest BCUT2D eigenvalue weighted by Gasteiger charge is 2.40. The first-order valence-electron chi connectivity index (χ1n) is 6.73. The van der Waals surface area contributed by atoms with Gasteiger partial charge in [0.05, 0.1) is 10.5 Å². The predicted octanol–water partition coefficient (Wildman–Crippen LogP) is 2.72. The van der Waals surface area contributed by atoms with Crippen molar-refractivity contribution < 1.29 is 21.6 Å². The first-order chi connectivity index (χ1) is 10.2. The SMILES string of the molecule is NCC1CCCN(S(=O)(=O)c2ccc(Cl)cc2C(F)(F)F)C1. The monoisotopic (exact) mass is 356 g/mol. The van der Waals surface area contributed by atoms with Gasteiger partial charge in [-0.15, -0.1) is 0 Å². The molecule has 1 atom stereocenters. The standard InChI is InChI=1S/C13H16ClF3N2O2S/c14-10-3-4-12(11(6-10)13(15,16)17)22(20,21)19-5-1-2-9(7-18)8-19/h3-4,6,9H,1-2,5,7-8,18H2. The molecule has 0 saturated carbocycles. The Morgan fingerprint density at radius 2 is 2.05 bits per heavy atom. The molecule has 0 bridgehead atoms. The average molecular weight is 357 g/mol. The van der Waals surface area contributed by atoms with E-state index < -0.39 is 26.7 Å². The first-order valence-corrected chi connectivity index (χ1v) is 8.55. The molecule has 1 aromatic rings. The van der Waals surface area contributed by atoms with Gasteiger partial charge >= 0.3 is 6.18 Å². The molecule has 0 aromatic heterocycles. The lowest BCUT2D eigenvalue weighted by atomic mass is 10.0. The molecule has 9 heteroatoms. The molecule has 1 unspecified atom stereocenters. The van der Waals surface area contributed by atoms with Crippen molar-refractivity contribution in [2.24, 2.45) is 11.7 Å². The molecule has 1 fully saturated rings. The number of hydrogen-bond acceptors (Lipinski definition) is 3. The summed E-state index contributed by atoms with van der Waals surface area (Å²) in [6, 6.07) is 2.69. The van der Waals surface area contributed by atoms with Crippen LogP contribution in [0.25, 0.3) is 0 Å². The minimum atomic E-state index is -4.80. The molecule has 1 saturated heterocycles. The molecule has 1 aliphatic rings. The Balaban J connectivity index is 2.46. The highest BCUT2D eigenvalue weighted by atomic mass is 35.5. The third-order valence-corrected chi connectivity index (χ3v) is 5.84. The number of nitrogens with two attached hydrogens (primary N) is 1. The van der Waals surface area contributed by atoms with Crippen LogP contribution in [0, 0.1) is 5.92 Å². The fourth-order valence-corrected chi connectivity index (χ4v) is 4.44. The van der Waals surface area contributed by atoms with Crippen LogP contribution in [0.2, 0.25) is 5.02 Å². The maximum Gasteiger partial charge on any atom is 0.417 e. The predicted molar refractivity (Wildman–Crippen MR) is 77.0 cm³/mol. The molecule has 22 heavy (non-hydrogen) atoms. The fraction of sp³-hybridized carbons (Fsp3) is 0.538. The number of sulfonamides is 1. The summed E-state index contributed by atoms with van der Waals surface area (Å²) >= 11 is 5.58. The van der Waals surface area contributed by atoms with E-state index in [0.29, 0.717) is 19.0 Å². The van der Waals surface area contributed by atoms with Crippen LogP contribution in [-0.4, -0.2) is 32.4 Å². The number of piperidine rings is 1. The summed E-state index contributed by atoms with van der Waals surface area (Å²) < 4.78 is 65.5. The van der Waals surface area contributed by atoms with E-state index in [9.17, 15) is 21.6 Å². The van der Waals surface area contributed by atoms with Crippen LogP contribution in [0.4, 0.5) is 13.2 Å². The smallest absolute Gasteiger partial charge is 0.330 e. The molecule has 0 radical (unpaired) electrons. The topological polar surface area (TPSA) is 63.4 Å². The van der Waals surface area contributed by atoms with Gasteiger partial charge in [0, 0.05) is 18.1 Å². The highest BCUT2D eigenvalue weighted by Crippen LogP contribution is 2.37. The van der Waals surface area contributed by atoms with Gasteiger partial charge in [0.2, 0.25) is 10.0 Å². The second-order valence-electron chi connectivity index (χ2n) is 5.25. The molecule has 2 rings (SSSR count). The molecule has 4 nitrogen and oxygen atoms in total. The van der Waals surface area contributed by atoms with Crippen molar-refractivity contribution in [2.45, 2.75) is 23.9 Å². The van der Waals surface area contributed by atoms with Gasteiger partial charge in [0.25, 0.3) is 0 Å². The summed E-state index contributed by atoms with van der Waals surface area (Å²) in [4.78, 5) is -0.762. The molecular weight excluding hydrogens is 341 g/mol. The fourth-order valence-electron chi connectivity index (χ4n) is 2.53. The second kappa shape index (κ2) is 6.35. The van der Waals surface area contributed by atoms with E-state index >= 15 is 0 Å². The van der Waals surface area contributed by atoms with E-state index in [1.165, 1.54) is 0 Å². The second-order valence-corrected chi connectivity index (χ2v) is 7.59. The van der Waals surface area contributed by atoms with E-state index in [4.69, 9.17) is 17.3 Å². The molecule has 124 valence electrons. The first kappa shape index (κ1) is 17.5. The van der Waals surface area contributed by atoms with Crippen LogP contribution in [0.15, 0.2) is 23.1 Å². The Labute approximate surface area is 132 Å². The third-order valence-electron chi connectivity index (χ3n) is 3.68. The van der Waals surface area contributed by atoms with Gasteiger partial charge in [-0.3, -0.25) is 0 Å². The van der Waals surface area contributed by atoms with Crippen LogP contribution in [0.3, 0.4) is 0 Å². The lowest BCUT2D eigenvalue weighted by molar-refractivity contribution is -0.139. The highest BCUT2D eigenvalue weighted by molar-refractivity contribution is 7.89. The average Bonchev–Trinajstić information content (AvgIpc) is 2.46. The molecule has 0 aliphatic carbocycles. The van der Waals surface area contributed by atoms with E-state index in [2.05, 4.69) is 0 Å². The number of hydrogen-bond donors (Lipinski definition) is 1. The number of nitrogens with zero attached hydrogens (tertiary/aromatic N) is 1. The normalized spacial score (nSPS) is 21.0. The van der Waals surface area contributed by atoms with E-state index in [0.717, 1.165) is 22.9 Å². The van der Waals surface area contributed by atoms with Gasteiger partial charge < -0.3 is 5.73 Å². The molecule has 0 spiro atoms. The summed E-state index contributed by atoms with van der Waals surface area (Å²) in [7, 11) is -4.24. The Morgan fingerprint density at radius 3 is 2.64 bits per heavy atom. The van der Waals surface area contributed by atoms with Gasteiger partial charge in [0.15, 0.2) is 0 Å². The van der Waals surface area contributed by atoms with Crippen LogP contribution in [0.5, 0.6) is 0 Å². The van der Waals surface area contributed by atoms with E-state index in [1.807, 2.05) is 0 Å². The van der Waals surface area contributed by atoms with E-state index in [1.54, 1.807) is 0 Å². The number of benzene rings is 1. The molecule has 1 aromatic carbocycles. The Kier molecular flexibility index (Phi) is 5.06. The Morgan fingerprint density at radius 1 is 1.36 bits per heavy atom. The third kappa shape index (κ3) is 3.56. The van der Waals surface area contributed by atoms with Gasteiger partial charge in [-0.25, -0.2) is 8.42 Å². The lowest BCUT2D eigenvalue weighted by Gasteiger charge is -2.31. The minimum absolute atomic E-state index is 0.0369. The van der Waals surface area contributed by atoms with Crippen LogP contribution in [-0.2, 0) is 16.2 Å². The Hall–Kier alpha value is -0.830. The molecule has 0 amide bonds. The van der Waals surface area contributed by atoms with Crippen molar-refractivity contribution >= 4 is 21.6 Å². The summed E-state index contributed by atoms with van der Waals surface area (Å²) in [6.07, 6.45) is -3.44. The zero-order valence-corrected chi connectivity index (χ0v) is 13.2.